The van der Waals surface area contributed by atoms with Gasteiger partial charge >= 0.3 is 0 Å². The summed E-state index contributed by atoms with van der Waals surface area (Å²) in [5.41, 5.74) is 0. The Morgan fingerprint density at radius 1 is 1.43 bits per heavy atom. The van der Waals surface area contributed by atoms with Gasteiger partial charge in [0, 0.05) is 18.3 Å². The fourth-order valence-electron chi connectivity index (χ4n) is 2.15. The zero-order valence-electron chi connectivity index (χ0n) is 8.69. The monoisotopic (exact) mass is 201 g/mol. The van der Waals surface area contributed by atoms with E-state index >= 15 is 0 Å². The van der Waals surface area contributed by atoms with Gasteiger partial charge in [0.25, 0.3) is 0 Å². The molecule has 0 aromatic heterocycles. The van der Waals surface area contributed by atoms with E-state index in [-0.39, 0.29) is 4.92 Å². The summed E-state index contributed by atoms with van der Waals surface area (Å²) in [4.78, 5) is 10.1. The third-order valence-corrected chi connectivity index (χ3v) is 3.14. The molecule has 82 valence electrons. The maximum atomic E-state index is 10.4. The second kappa shape index (κ2) is 5.29. The number of hydrogen-bond acceptors (Lipinski definition) is 3. The van der Waals surface area contributed by atoms with Crippen LogP contribution in [0.15, 0.2) is 0 Å². The topological polar surface area (TPSA) is 63.4 Å². The summed E-state index contributed by atoms with van der Waals surface area (Å²) < 4.78 is 0. The van der Waals surface area contributed by atoms with Crippen LogP contribution in [0.4, 0.5) is 0 Å². The number of nitrogens with zero attached hydrogens (tertiary/aromatic N) is 1. The molecule has 1 saturated carbocycles. The minimum atomic E-state index is -0.619. The van der Waals surface area contributed by atoms with E-state index in [0.717, 1.165) is 25.7 Å². The standard InChI is InChI=1S/C10H19NO3/c1-8(11(13)14)7-10(12)9-5-3-2-4-6-9/h8-10,12H,2-7H2,1H3. The van der Waals surface area contributed by atoms with E-state index < -0.39 is 12.1 Å². The van der Waals surface area contributed by atoms with Gasteiger partial charge in [-0.1, -0.05) is 19.3 Å². The fraction of sp³-hybridized carbons (Fsp3) is 1.00. The molecular formula is C10H19NO3. The van der Waals surface area contributed by atoms with Crippen molar-refractivity contribution < 1.29 is 10.0 Å². The van der Waals surface area contributed by atoms with Crippen LogP contribution in [0.25, 0.3) is 0 Å². The summed E-state index contributed by atoms with van der Waals surface area (Å²) in [5.74, 6) is 0.297. The Morgan fingerprint density at radius 2 is 2.00 bits per heavy atom. The highest BCUT2D eigenvalue weighted by Gasteiger charge is 2.26. The zero-order valence-corrected chi connectivity index (χ0v) is 8.69. The zero-order chi connectivity index (χ0) is 10.6. The molecule has 0 bridgehead atoms. The van der Waals surface area contributed by atoms with Gasteiger partial charge in [0.15, 0.2) is 0 Å². The summed E-state index contributed by atoms with van der Waals surface area (Å²) in [5, 5.41) is 20.2. The van der Waals surface area contributed by atoms with E-state index in [4.69, 9.17) is 0 Å². The molecule has 1 rings (SSSR count). The predicted molar refractivity (Wildman–Crippen MR) is 53.7 cm³/mol. The van der Waals surface area contributed by atoms with Gasteiger partial charge in [-0.2, -0.15) is 0 Å². The van der Waals surface area contributed by atoms with Crippen molar-refractivity contribution in [3.8, 4) is 0 Å². The lowest BCUT2D eigenvalue weighted by Gasteiger charge is -2.26. The average molecular weight is 201 g/mol. The summed E-state index contributed by atoms with van der Waals surface area (Å²) in [7, 11) is 0. The van der Waals surface area contributed by atoms with Gasteiger partial charge in [-0.05, 0) is 18.8 Å². The molecule has 0 aromatic rings. The van der Waals surface area contributed by atoms with Crippen LogP contribution in [0.5, 0.6) is 0 Å². The average Bonchev–Trinajstić information content (AvgIpc) is 2.19. The molecular weight excluding hydrogens is 182 g/mol. The van der Waals surface area contributed by atoms with Crippen LogP contribution in [0, 0.1) is 16.0 Å². The lowest BCUT2D eigenvalue weighted by molar-refractivity contribution is -0.520. The molecule has 1 aliphatic rings. The Morgan fingerprint density at radius 3 is 2.50 bits per heavy atom. The molecule has 14 heavy (non-hydrogen) atoms. The minimum Gasteiger partial charge on any atom is -0.393 e. The molecule has 2 atom stereocenters. The van der Waals surface area contributed by atoms with Gasteiger partial charge in [0.05, 0.1) is 6.10 Å². The quantitative estimate of drug-likeness (QED) is 0.558. The second-order valence-corrected chi connectivity index (χ2v) is 4.34. The highest BCUT2D eigenvalue weighted by atomic mass is 16.6. The maximum absolute atomic E-state index is 10.4. The Labute approximate surface area is 84.5 Å². The normalized spacial score (nSPS) is 23.0. The number of nitro groups is 1. The van der Waals surface area contributed by atoms with Crippen molar-refractivity contribution in [2.75, 3.05) is 0 Å². The third kappa shape index (κ3) is 3.25. The number of aliphatic hydroxyl groups excluding tert-OH is 1. The van der Waals surface area contributed by atoms with Crippen LogP contribution in [0.2, 0.25) is 0 Å². The lowest BCUT2D eigenvalue weighted by atomic mass is 9.83. The Kier molecular flexibility index (Phi) is 4.32. The van der Waals surface area contributed by atoms with Crippen LogP contribution >= 0.6 is 0 Å². The van der Waals surface area contributed by atoms with E-state index in [1.165, 1.54) is 6.42 Å². The van der Waals surface area contributed by atoms with Crippen molar-refractivity contribution in [3.05, 3.63) is 10.1 Å². The first-order chi connectivity index (χ1) is 6.61. The first-order valence-electron chi connectivity index (χ1n) is 5.43. The molecule has 1 fully saturated rings. The van der Waals surface area contributed by atoms with Crippen molar-refractivity contribution in [3.63, 3.8) is 0 Å². The highest BCUT2D eigenvalue weighted by Crippen LogP contribution is 2.28. The molecule has 0 spiro atoms. The Bertz CT molecular complexity index is 190. The summed E-state index contributed by atoms with van der Waals surface area (Å²) >= 11 is 0. The first kappa shape index (κ1) is 11.4. The summed E-state index contributed by atoms with van der Waals surface area (Å²) in [6.07, 6.45) is 5.46. The third-order valence-electron chi connectivity index (χ3n) is 3.14. The Hall–Kier alpha value is -0.640. The van der Waals surface area contributed by atoms with Gasteiger partial charge in [-0.3, -0.25) is 10.1 Å². The van der Waals surface area contributed by atoms with Gasteiger partial charge in [0.1, 0.15) is 0 Å². The Balaban J connectivity index is 2.32. The van der Waals surface area contributed by atoms with Crippen molar-refractivity contribution in [1.82, 2.24) is 0 Å². The van der Waals surface area contributed by atoms with Gasteiger partial charge in [-0.15, -0.1) is 0 Å². The van der Waals surface area contributed by atoms with Crippen LogP contribution in [-0.4, -0.2) is 22.2 Å². The second-order valence-electron chi connectivity index (χ2n) is 4.34. The molecule has 1 N–H and O–H groups in total. The lowest BCUT2D eigenvalue weighted by Crippen LogP contribution is -2.29. The molecule has 0 aromatic carbocycles. The van der Waals surface area contributed by atoms with E-state index in [2.05, 4.69) is 0 Å². The van der Waals surface area contributed by atoms with Crippen LogP contribution in [0.3, 0.4) is 0 Å². The van der Waals surface area contributed by atoms with E-state index in [0.29, 0.717) is 12.3 Å². The fourth-order valence-corrected chi connectivity index (χ4v) is 2.15. The molecule has 4 heteroatoms. The van der Waals surface area contributed by atoms with Crippen molar-refractivity contribution >= 4 is 0 Å². The van der Waals surface area contributed by atoms with Crippen LogP contribution in [0.1, 0.15) is 45.4 Å². The van der Waals surface area contributed by atoms with Crippen LogP contribution < -0.4 is 0 Å². The van der Waals surface area contributed by atoms with E-state index in [1.807, 2.05) is 0 Å². The molecule has 0 heterocycles. The summed E-state index contributed by atoms with van der Waals surface area (Å²) in [6.45, 7) is 1.56. The van der Waals surface area contributed by atoms with Gasteiger partial charge in [0.2, 0.25) is 6.04 Å². The van der Waals surface area contributed by atoms with E-state index in [1.54, 1.807) is 6.92 Å². The molecule has 0 amide bonds. The van der Waals surface area contributed by atoms with E-state index in [9.17, 15) is 15.2 Å². The maximum Gasteiger partial charge on any atom is 0.212 e. The smallest absolute Gasteiger partial charge is 0.212 e. The molecule has 0 aliphatic heterocycles. The molecule has 2 unspecified atom stereocenters. The highest BCUT2D eigenvalue weighted by molar-refractivity contribution is 4.74. The molecule has 1 aliphatic carbocycles. The van der Waals surface area contributed by atoms with Gasteiger partial charge in [-0.25, -0.2) is 0 Å². The molecule has 4 nitrogen and oxygen atoms in total. The molecule has 0 radical (unpaired) electrons. The van der Waals surface area contributed by atoms with Crippen molar-refractivity contribution in [1.29, 1.82) is 0 Å². The van der Waals surface area contributed by atoms with Crippen molar-refractivity contribution in [2.24, 2.45) is 5.92 Å². The number of hydrogen-bond donors (Lipinski definition) is 1. The largest absolute Gasteiger partial charge is 0.393 e. The SMILES string of the molecule is CC(CC(O)C1CCCCC1)[N+](=O)[O-]. The number of rotatable bonds is 4. The first-order valence-corrected chi connectivity index (χ1v) is 5.43. The van der Waals surface area contributed by atoms with Crippen molar-refractivity contribution in [2.45, 2.75) is 57.6 Å². The number of aliphatic hydroxyl groups is 1. The molecule has 0 saturated heterocycles. The summed E-state index contributed by atoms with van der Waals surface area (Å²) in [6, 6.07) is -0.619. The predicted octanol–water partition coefficient (Wildman–Crippen LogP) is 1.98. The van der Waals surface area contributed by atoms with Gasteiger partial charge < -0.3 is 5.11 Å². The van der Waals surface area contributed by atoms with Crippen LogP contribution in [-0.2, 0) is 0 Å². The minimum absolute atomic E-state index is 0.297.